The molecule has 0 aliphatic heterocycles. The van der Waals surface area contributed by atoms with E-state index in [1.807, 2.05) is 0 Å². The van der Waals surface area contributed by atoms with Crippen molar-refractivity contribution in [1.82, 2.24) is 5.32 Å². The van der Waals surface area contributed by atoms with Gasteiger partial charge in [0.25, 0.3) is 0 Å². The molecule has 4 nitrogen and oxygen atoms in total. The molecule has 0 bridgehead atoms. The van der Waals surface area contributed by atoms with Crippen molar-refractivity contribution < 1.29 is 9.53 Å². The van der Waals surface area contributed by atoms with Gasteiger partial charge in [-0.05, 0) is 50.5 Å². The van der Waals surface area contributed by atoms with E-state index in [9.17, 15) is 4.79 Å². The molecule has 4 heteroatoms. The molecule has 0 aromatic heterocycles. The molecule has 0 atom stereocenters. The van der Waals surface area contributed by atoms with Gasteiger partial charge in [-0.15, -0.1) is 0 Å². The van der Waals surface area contributed by atoms with Crippen LogP contribution in [-0.2, 0) is 4.79 Å². The van der Waals surface area contributed by atoms with Crippen molar-refractivity contribution in [3.8, 4) is 5.75 Å². The number of hydrogen-bond acceptors (Lipinski definition) is 3. The third kappa shape index (κ3) is 3.39. The van der Waals surface area contributed by atoms with Crippen molar-refractivity contribution in [3.63, 3.8) is 0 Å². The van der Waals surface area contributed by atoms with Crippen LogP contribution in [0, 0.1) is 0 Å². The highest BCUT2D eigenvalue weighted by Gasteiger charge is 2.32. The number of amides is 1. The summed E-state index contributed by atoms with van der Waals surface area (Å²) in [6.45, 7) is 2.49. The average Bonchev–Trinajstić information content (AvgIpc) is 2.30. The second-order valence-corrected chi connectivity index (χ2v) is 5.13. The lowest BCUT2D eigenvalue weighted by Gasteiger charge is -2.39. The Labute approximate surface area is 108 Å². The zero-order chi connectivity index (χ0) is 13.0. The lowest BCUT2D eigenvalue weighted by molar-refractivity contribution is -0.124. The van der Waals surface area contributed by atoms with Gasteiger partial charge in [0.05, 0.1) is 13.0 Å². The molecule has 1 saturated carbocycles. The van der Waals surface area contributed by atoms with Crippen molar-refractivity contribution in [2.24, 2.45) is 0 Å². The van der Waals surface area contributed by atoms with Crippen LogP contribution in [0.2, 0.25) is 0 Å². The fourth-order valence-corrected chi connectivity index (χ4v) is 2.06. The molecule has 0 unspecified atom stereocenters. The van der Waals surface area contributed by atoms with Crippen molar-refractivity contribution in [1.29, 1.82) is 0 Å². The maximum Gasteiger partial charge on any atom is 0.223 e. The van der Waals surface area contributed by atoms with E-state index in [1.165, 1.54) is 6.42 Å². The van der Waals surface area contributed by atoms with Gasteiger partial charge in [0.15, 0.2) is 0 Å². The SMILES string of the molecule is CC1(NC(=O)CCOc2ccc(N)cc2)CCC1. The molecule has 2 rings (SSSR count). The van der Waals surface area contributed by atoms with Crippen LogP contribution in [0.4, 0.5) is 5.69 Å². The van der Waals surface area contributed by atoms with Crippen molar-refractivity contribution >= 4 is 11.6 Å². The van der Waals surface area contributed by atoms with Crippen LogP contribution in [0.5, 0.6) is 5.75 Å². The Hall–Kier alpha value is -1.71. The number of hydrogen-bond donors (Lipinski definition) is 2. The number of carbonyl (C=O) groups is 1. The largest absolute Gasteiger partial charge is 0.493 e. The number of carbonyl (C=O) groups excluding carboxylic acids is 1. The normalized spacial score (nSPS) is 16.7. The van der Waals surface area contributed by atoms with Gasteiger partial charge in [0.1, 0.15) is 5.75 Å². The molecule has 0 heterocycles. The number of nitrogens with two attached hydrogens (primary N) is 1. The summed E-state index contributed by atoms with van der Waals surface area (Å²) in [5, 5.41) is 3.05. The number of benzene rings is 1. The molecule has 1 aliphatic carbocycles. The Kier molecular flexibility index (Phi) is 3.75. The summed E-state index contributed by atoms with van der Waals surface area (Å²) in [6, 6.07) is 7.18. The summed E-state index contributed by atoms with van der Waals surface area (Å²) in [7, 11) is 0. The predicted octanol–water partition coefficient (Wildman–Crippen LogP) is 2.10. The Morgan fingerprint density at radius 2 is 2.06 bits per heavy atom. The molecule has 0 spiro atoms. The van der Waals surface area contributed by atoms with Gasteiger partial charge in [-0.1, -0.05) is 0 Å². The second kappa shape index (κ2) is 5.29. The molecule has 1 aliphatic rings. The van der Waals surface area contributed by atoms with Gasteiger partial charge in [0, 0.05) is 11.2 Å². The molecular weight excluding hydrogens is 228 g/mol. The third-order valence-electron chi connectivity index (χ3n) is 3.38. The fraction of sp³-hybridized carbons (Fsp3) is 0.500. The van der Waals surface area contributed by atoms with Gasteiger partial charge >= 0.3 is 0 Å². The first-order chi connectivity index (χ1) is 8.57. The highest BCUT2D eigenvalue weighted by atomic mass is 16.5. The van der Waals surface area contributed by atoms with Gasteiger partial charge in [-0.2, -0.15) is 0 Å². The minimum absolute atomic E-state index is 0.0261. The third-order valence-corrected chi connectivity index (χ3v) is 3.38. The molecule has 98 valence electrons. The van der Waals surface area contributed by atoms with E-state index in [0.29, 0.717) is 18.7 Å². The molecule has 1 aromatic rings. The monoisotopic (exact) mass is 248 g/mol. The standard InChI is InChI=1S/C14H20N2O2/c1-14(8-2-9-14)16-13(17)7-10-18-12-5-3-11(15)4-6-12/h3-6H,2,7-10,15H2,1H3,(H,16,17). The van der Waals surface area contributed by atoms with Crippen molar-refractivity contribution in [2.75, 3.05) is 12.3 Å². The molecule has 1 fully saturated rings. The zero-order valence-corrected chi connectivity index (χ0v) is 10.7. The van der Waals surface area contributed by atoms with Crippen LogP contribution in [-0.4, -0.2) is 18.1 Å². The second-order valence-electron chi connectivity index (χ2n) is 5.13. The van der Waals surface area contributed by atoms with E-state index >= 15 is 0 Å². The first-order valence-corrected chi connectivity index (χ1v) is 6.37. The highest BCUT2D eigenvalue weighted by molar-refractivity contribution is 5.77. The van der Waals surface area contributed by atoms with Crippen LogP contribution in [0.15, 0.2) is 24.3 Å². The molecule has 3 N–H and O–H groups in total. The summed E-state index contributed by atoms with van der Waals surface area (Å²) in [5.41, 5.74) is 6.31. The summed E-state index contributed by atoms with van der Waals surface area (Å²) >= 11 is 0. The smallest absolute Gasteiger partial charge is 0.223 e. The summed E-state index contributed by atoms with van der Waals surface area (Å²) in [4.78, 5) is 11.7. The first kappa shape index (κ1) is 12.7. The maximum absolute atomic E-state index is 11.7. The minimum atomic E-state index is 0.0261. The zero-order valence-electron chi connectivity index (χ0n) is 10.7. The summed E-state index contributed by atoms with van der Waals surface area (Å²) in [6.07, 6.45) is 3.76. The number of ether oxygens (including phenoxy) is 1. The highest BCUT2D eigenvalue weighted by Crippen LogP contribution is 2.30. The average molecular weight is 248 g/mol. The predicted molar refractivity (Wildman–Crippen MR) is 71.4 cm³/mol. The molecule has 0 radical (unpaired) electrons. The van der Waals surface area contributed by atoms with Gasteiger partial charge in [-0.25, -0.2) is 0 Å². The van der Waals surface area contributed by atoms with Crippen LogP contribution in [0.3, 0.4) is 0 Å². The number of anilines is 1. The Morgan fingerprint density at radius 1 is 1.39 bits per heavy atom. The molecule has 1 aromatic carbocycles. The molecule has 0 saturated heterocycles. The summed E-state index contributed by atoms with van der Waals surface area (Å²) < 4.78 is 5.48. The van der Waals surface area contributed by atoms with E-state index in [4.69, 9.17) is 10.5 Å². The van der Waals surface area contributed by atoms with Crippen LogP contribution < -0.4 is 15.8 Å². The van der Waals surface area contributed by atoms with E-state index in [-0.39, 0.29) is 11.4 Å². The Balaban J connectivity index is 1.68. The van der Waals surface area contributed by atoms with E-state index in [2.05, 4.69) is 12.2 Å². The molecule has 1 amide bonds. The maximum atomic E-state index is 11.7. The number of nitrogen functional groups attached to an aromatic ring is 1. The van der Waals surface area contributed by atoms with Crippen molar-refractivity contribution in [2.45, 2.75) is 38.1 Å². The topological polar surface area (TPSA) is 64.3 Å². The lowest BCUT2D eigenvalue weighted by Crippen LogP contribution is -2.51. The van der Waals surface area contributed by atoms with Gasteiger partial charge in [0.2, 0.25) is 5.91 Å². The quantitative estimate of drug-likeness (QED) is 0.784. The molecule has 18 heavy (non-hydrogen) atoms. The Bertz CT molecular complexity index is 410. The number of nitrogens with one attached hydrogen (secondary N) is 1. The van der Waals surface area contributed by atoms with Gasteiger partial charge < -0.3 is 15.8 Å². The van der Waals surface area contributed by atoms with Crippen LogP contribution >= 0.6 is 0 Å². The first-order valence-electron chi connectivity index (χ1n) is 6.37. The van der Waals surface area contributed by atoms with E-state index in [0.717, 1.165) is 18.6 Å². The summed E-state index contributed by atoms with van der Waals surface area (Å²) in [5.74, 6) is 0.805. The van der Waals surface area contributed by atoms with Crippen LogP contribution in [0.1, 0.15) is 32.6 Å². The molecular formula is C14H20N2O2. The number of rotatable bonds is 5. The lowest BCUT2D eigenvalue weighted by atomic mass is 9.78. The fourth-order valence-electron chi connectivity index (χ4n) is 2.06. The van der Waals surface area contributed by atoms with Crippen LogP contribution in [0.25, 0.3) is 0 Å². The van der Waals surface area contributed by atoms with E-state index < -0.39 is 0 Å². The van der Waals surface area contributed by atoms with Gasteiger partial charge in [-0.3, -0.25) is 4.79 Å². The minimum Gasteiger partial charge on any atom is -0.493 e. The van der Waals surface area contributed by atoms with E-state index in [1.54, 1.807) is 24.3 Å². The Morgan fingerprint density at radius 3 is 2.61 bits per heavy atom. The van der Waals surface area contributed by atoms with Crippen molar-refractivity contribution in [3.05, 3.63) is 24.3 Å².